The standard InChI is InChI=1S/C16H16Cl2N2O4S/c1-20(2)25(22,23)14-9-10(7-8-13(14)24-3)16(21)19-12-6-4-5-11(17)15(12)18/h4-9H,1-3H3,(H,19,21). The van der Waals surface area contributed by atoms with Gasteiger partial charge in [0, 0.05) is 19.7 Å². The topological polar surface area (TPSA) is 75.7 Å². The Bertz CT molecular complexity index is 914. The van der Waals surface area contributed by atoms with Gasteiger partial charge in [-0.3, -0.25) is 4.79 Å². The Labute approximate surface area is 156 Å². The maximum absolute atomic E-state index is 12.5. The molecule has 0 bridgehead atoms. The molecule has 9 heteroatoms. The number of nitrogens with zero attached hydrogens (tertiary/aromatic N) is 1. The third-order valence-corrected chi connectivity index (χ3v) is 6.04. The number of anilines is 1. The molecule has 0 atom stereocenters. The van der Waals surface area contributed by atoms with Crippen LogP contribution in [0.2, 0.25) is 10.0 Å². The van der Waals surface area contributed by atoms with Gasteiger partial charge < -0.3 is 10.1 Å². The lowest BCUT2D eigenvalue weighted by atomic mass is 10.2. The van der Waals surface area contributed by atoms with E-state index in [0.29, 0.717) is 10.7 Å². The molecule has 0 saturated carbocycles. The fraction of sp³-hybridized carbons (Fsp3) is 0.188. The minimum atomic E-state index is -3.78. The van der Waals surface area contributed by atoms with Crippen molar-refractivity contribution in [3.63, 3.8) is 0 Å². The number of hydrogen-bond acceptors (Lipinski definition) is 4. The number of rotatable bonds is 5. The number of carbonyl (C=O) groups excluding carboxylic acids is 1. The van der Waals surface area contributed by atoms with Crippen LogP contribution in [-0.4, -0.2) is 39.8 Å². The summed E-state index contributed by atoms with van der Waals surface area (Å²) in [7, 11) is 0.367. The molecule has 25 heavy (non-hydrogen) atoms. The van der Waals surface area contributed by atoms with Crippen LogP contribution in [0.4, 0.5) is 5.69 Å². The van der Waals surface area contributed by atoms with Gasteiger partial charge in [0.1, 0.15) is 10.6 Å². The number of ether oxygens (including phenoxy) is 1. The Morgan fingerprint density at radius 3 is 2.44 bits per heavy atom. The van der Waals surface area contributed by atoms with Crippen molar-refractivity contribution in [3.8, 4) is 5.75 Å². The van der Waals surface area contributed by atoms with E-state index in [2.05, 4.69) is 5.32 Å². The lowest BCUT2D eigenvalue weighted by Gasteiger charge is -2.15. The zero-order valence-corrected chi connectivity index (χ0v) is 16.0. The van der Waals surface area contributed by atoms with Gasteiger partial charge in [-0.25, -0.2) is 12.7 Å². The van der Waals surface area contributed by atoms with Crippen LogP contribution in [0.5, 0.6) is 5.75 Å². The number of carbonyl (C=O) groups is 1. The molecule has 2 aromatic carbocycles. The molecule has 2 aromatic rings. The largest absolute Gasteiger partial charge is 0.495 e. The summed E-state index contributed by atoms with van der Waals surface area (Å²) < 4.78 is 31.0. The van der Waals surface area contributed by atoms with E-state index < -0.39 is 15.9 Å². The molecular weight excluding hydrogens is 387 g/mol. The van der Waals surface area contributed by atoms with Crippen molar-refractivity contribution < 1.29 is 17.9 Å². The number of halogens is 2. The summed E-state index contributed by atoms with van der Waals surface area (Å²) in [4.78, 5) is 12.4. The van der Waals surface area contributed by atoms with Crippen LogP contribution in [0.25, 0.3) is 0 Å². The van der Waals surface area contributed by atoms with Crippen molar-refractivity contribution in [3.05, 3.63) is 52.0 Å². The lowest BCUT2D eigenvalue weighted by molar-refractivity contribution is 0.102. The van der Waals surface area contributed by atoms with Crippen LogP contribution in [0.1, 0.15) is 10.4 Å². The second-order valence-corrected chi connectivity index (χ2v) is 8.11. The molecule has 0 spiro atoms. The highest BCUT2D eigenvalue weighted by atomic mass is 35.5. The van der Waals surface area contributed by atoms with Crippen molar-refractivity contribution in [1.82, 2.24) is 4.31 Å². The molecule has 2 rings (SSSR count). The van der Waals surface area contributed by atoms with Gasteiger partial charge in [0.15, 0.2) is 0 Å². The zero-order valence-electron chi connectivity index (χ0n) is 13.7. The maximum Gasteiger partial charge on any atom is 0.255 e. The van der Waals surface area contributed by atoms with Crippen molar-refractivity contribution in [2.75, 3.05) is 26.5 Å². The molecule has 6 nitrogen and oxygen atoms in total. The normalized spacial score (nSPS) is 11.4. The third kappa shape index (κ3) is 4.07. The van der Waals surface area contributed by atoms with E-state index in [1.54, 1.807) is 18.2 Å². The highest BCUT2D eigenvalue weighted by molar-refractivity contribution is 7.89. The first-order chi connectivity index (χ1) is 11.7. The SMILES string of the molecule is COc1ccc(C(=O)Nc2cccc(Cl)c2Cl)cc1S(=O)(=O)N(C)C. The first kappa shape index (κ1) is 19.5. The first-order valence-corrected chi connectivity index (χ1v) is 9.24. The summed E-state index contributed by atoms with van der Waals surface area (Å²) in [6, 6.07) is 8.95. The first-order valence-electron chi connectivity index (χ1n) is 7.04. The predicted molar refractivity (Wildman–Crippen MR) is 98.3 cm³/mol. The highest BCUT2D eigenvalue weighted by Gasteiger charge is 2.24. The molecule has 1 amide bonds. The molecule has 0 radical (unpaired) electrons. The Hall–Kier alpha value is -1.80. The van der Waals surface area contributed by atoms with Gasteiger partial charge in [-0.2, -0.15) is 0 Å². The van der Waals surface area contributed by atoms with E-state index in [1.165, 1.54) is 39.4 Å². The number of hydrogen-bond donors (Lipinski definition) is 1. The van der Waals surface area contributed by atoms with Crippen molar-refractivity contribution >= 4 is 44.8 Å². The summed E-state index contributed by atoms with van der Waals surface area (Å²) >= 11 is 12.0. The fourth-order valence-corrected chi connectivity index (χ4v) is 3.43. The quantitative estimate of drug-likeness (QED) is 0.829. The number of nitrogens with one attached hydrogen (secondary N) is 1. The Morgan fingerprint density at radius 1 is 1.16 bits per heavy atom. The summed E-state index contributed by atoms with van der Waals surface area (Å²) in [5, 5.41) is 3.11. The Kier molecular flexibility index (Phi) is 5.95. The number of methoxy groups -OCH3 is 1. The second kappa shape index (κ2) is 7.61. The minimum absolute atomic E-state index is 0.107. The monoisotopic (exact) mass is 402 g/mol. The summed E-state index contributed by atoms with van der Waals surface area (Å²) in [5.41, 5.74) is 0.462. The van der Waals surface area contributed by atoms with Gasteiger partial charge >= 0.3 is 0 Å². The van der Waals surface area contributed by atoms with Gasteiger partial charge in [-0.05, 0) is 30.3 Å². The van der Waals surface area contributed by atoms with Crippen LogP contribution < -0.4 is 10.1 Å². The fourth-order valence-electron chi connectivity index (χ4n) is 2.01. The van der Waals surface area contributed by atoms with Crippen molar-refractivity contribution in [2.45, 2.75) is 4.90 Å². The predicted octanol–water partition coefficient (Wildman–Crippen LogP) is 3.50. The van der Waals surface area contributed by atoms with E-state index in [9.17, 15) is 13.2 Å². The van der Waals surface area contributed by atoms with Gasteiger partial charge in [0.2, 0.25) is 10.0 Å². The van der Waals surface area contributed by atoms with E-state index in [1.807, 2.05) is 0 Å². The molecular formula is C16H16Cl2N2O4S. The maximum atomic E-state index is 12.5. The van der Waals surface area contributed by atoms with Gasteiger partial charge in [0.05, 0.1) is 22.8 Å². The summed E-state index contributed by atoms with van der Waals surface area (Å²) in [6.07, 6.45) is 0. The van der Waals surface area contributed by atoms with Crippen LogP contribution in [0.3, 0.4) is 0 Å². The highest BCUT2D eigenvalue weighted by Crippen LogP contribution is 2.31. The van der Waals surface area contributed by atoms with Gasteiger partial charge in [-0.15, -0.1) is 0 Å². The van der Waals surface area contributed by atoms with E-state index in [0.717, 1.165) is 4.31 Å². The average molecular weight is 403 g/mol. The molecule has 0 aliphatic heterocycles. The van der Waals surface area contributed by atoms with Crippen molar-refractivity contribution in [2.24, 2.45) is 0 Å². The number of benzene rings is 2. The molecule has 0 aromatic heterocycles. The molecule has 0 unspecified atom stereocenters. The zero-order chi connectivity index (χ0) is 18.8. The molecule has 0 fully saturated rings. The third-order valence-electron chi connectivity index (χ3n) is 3.38. The Morgan fingerprint density at radius 2 is 1.84 bits per heavy atom. The van der Waals surface area contributed by atoms with Crippen LogP contribution in [-0.2, 0) is 10.0 Å². The van der Waals surface area contributed by atoms with Crippen LogP contribution >= 0.6 is 23.2 Å². The molecule has 0 aliphatic rings. The minimum Gasteiger partial charge on any atom is -0.495 e. The van der Waals surface area contributed by atoms with Gasteiger partial charge in [0.25, 0.3) is 5.91 Å². The van der Waals surface area contributed by atoms with E-state index in [-0.39, 0.29) is 21.2 Å². The van der Waals surface area contributed by atoms with Crippen molar-refractivity contribution in [1.29, 1.82) is 0 Å². The smallest absolute Gasteiger partial charge is 0.255 e. The second-order valence-electron chi connectivity index (χ2n) is 5.21. The number of sulfonamides is 1. The van der Waals surface area contributed by atoms with E-state index in [4.69, 9.17) is 27.9 Å². The molecule has 0 heterocycles. The molecule has 134 valence electrons. The van der Waals surface area contributed by atoms with Crippen LogP contribution in [0, 0.1) is 0 Å². The summed E-state index contributed by atoms with van der Waals surface area (Å²) in [6.45, 7) is 0. The lowest BCUT2D eigenvalue weighted by Crippen LogP contribution is -2.23. The van der Waals surface area contributed by atoms with Crippen LogP contribution in [0.15, 0.2) is 41.3 Å². The molecule has 0 aliphatic carbocycles. The Balaban J connectivity index is 2.43. The number of amides is 1. The molecule has 1 N–H and O–H groups in total. The average Bonchev–Trinajstić information content (AvgIpc) is 2.58. The molecule has 0 saturated heterocycles. The van der Waals surface area contributed by atoms with E-state index >= 15 is 0 Å². The van der Waals surface area contributed by atoms with Gasteiger partial charge in [-0.1, -0.05) is 29.3 Å². The summed E-state index contributed by atoms with van der Waals surface area (Å²) in [5.74, 6) is -0.381.